The number of benzene rings is 3. The van der Waals surface area contributed by atoms with Gasteiger partial charge in [-0.05, 0) is 57.2 Å². The summed E-state index contributed by atoms with van der Waals surface area (Å²) in [5.41, 5.74) is 3.19. The maximum atomic E-state index is 14.7. The van der Waals surface area contributed by atoms with Crippen molar-refractivity contribution in [2.24, 2.45) is 4.99 Å². The van der Waals surface area contributed by atoms with E-state index in [-0.39, 0.29) is 17.8 Å². The van der Waals surface area contributed by atoms with Gasteiger partial charge in [-0.3, -0.25) is 4.79 Å². The quantitative estimate of drug-likeness (QED) is 0.295. The number of halogens is 1. The normalized spacial score (nSPS) is 11.5. The predicted octanol–water partition coefficient (Wildman–Crippen LogP) is 8.38. The Bertz CT molecular complexity index is 1140. The largest absolute Gasteiger partial charge is 0.337 e. The van der Waals surface area contributed by atoms with Crippen molar-refractivity contribution in [1.82, 2.24) is 4.90 Å². The molecule has 180 valence electrons. The molecule has 0 spiro atoms. The molecule has 3 aromatic carbocycles. The first-order valence-corrected chi connectivity index (χ1v) is 12.9. The molecule has 3 nitrogen and oxygen atoms in total. The molecule has 0 atom stereocenters. The Hall–Kier alpha value is -2.92. The van der Waals surface area contributed by atoms with Gasteiger partial charge in [0.25, 0.3) is 5.91 Å². The fourth-order valence-corrected chi connectivity index (χ4v) is 4.65. The second-order valence-electron chi connectivity index (χ2n) is 7.41. The van der Waals surface area contributed by atoms with E-state index in [4.69, 9.17) is 4.99 Å². The molecule has 1 aliphatic heterocycles. The van der Waals surface area contributed by atoms with Gasteiger partial charge in [-0.15, -0.1) is 0 Å². The molecule has 0 saturated carbocycles. The van der Waals surface area contributed by atoms with E-state index in [1.54, 1.807) is 23.9 Å². The van der Waals surface area contributed by atoms with Crippen LogP contribution in [0.3, 0.4) is 0 Å². The van der Waals surface area contributed by atoms with Gasteiger partial charge in [0.05, 0.1) is 11.4 Å². The van der Waals surface area contributed by atoms with Crippen LogP contribution in [0.5, 0.6) is 0 Å². The highest BCUT2D eigenvalue weighted by atomic mass is 32.2. The van der Waals surface area contributed by atoms with E-state index >= 15 is 0 Å². The molecule has 1 aliphatic rings. The van der Waals surface area contributed by atoms with Gasteiger partial charge in [0, 0.05) is 39.1 Å². The van der Waals surface area contributed by atoms with E-state index in [0.29, 0.717) is 29.1 Å². The molecule has 0 fully saturated rings. The van der Waals surface area contributed by atoms with Crippen LogP contribution in [-0.2, 0) is 0 Å². The summed E-state index contributed by atoms with van der Waals surface area (Å²) in [7, 11) is 0. The standard InChI is InChI=1S/C25H23FN2OS.2C2H6/c1-4-28(16(2)3)25(29)17-13-14-23-21(15-17)27-24(18-9-5-7-11-20(18)26)19-10-6-8-12-22(19)30-23;2*1-2/h5-16H,4H2,1-3H3;2*1-2H3. The van der Waals surface area contributed by atoms with E-state index in [1.165, 1.54) is 6.07 Å². The average molecular weight is 479 g/mol. The van der Waals surface area contributed by atoms with Gasteiger partial charge >= 0.3 is 0 Å². The molecule has 0 bridgehead atoms. The maximum Gasteiger partial charge on any atom is 0.254 e. The Labute approximate surface area is 208 Å². The molecule has 34 heavy (non-hydrogen) atoms. The van der Waals surface area contributed by atoms with E-state index < -0.39 is 0 Å². The van der Waals surface area contributed by atoms with Gasteiger partial charge in [-0.1, -0.05) is 69.8 Å². The summed E-state index contributed by atoms with van der Waals surface area (Å²) in [4.78, 5) is 21.7. The molecule has 0 N–H and O–H groups in total. The Balaban J connectivity index is 0.000000970. The van der Waals surface area contributed by atoms with Crippen molar-refractivity contribution in [1.29, 1.82) is 0 Å². The molecule has 1 heterocycles. The second-order valence-corrected chi connectivity index (χ2v) is 8.49. The molecule has 0 unspecified atom stereocenters. The Morgan fingerprint density at radius 3 is 2.15 bits per heavy atom. The fraction of sp³-hybridized carbons (Fsp3) is 0.310. The third-order valence-electron chi connectivity index (χ3n) is 5.15. The Morgan fingerprint density at radius 1 is 0.912 bits per heavy atom. The lowest BCUT2D eigenvalue weighted by molar-refractivity contribution is 0.0717. The first-order valence-electron chi connectivity index (χ1n) is 12.1. The summed E-state index contributed by atoms with van der Waals surface area (Å²) >= 11 is 1.59. The minimum absolute atomic E-state index is 0.0234. The Morgan fingerprint density at radius 2 is 1.53 bits per heavy atom. The van der Waals surface area contributed by atoms with Gasteiger partial charge in [-0.25, -0.2) is 9.38 Å². The van der Waals surface area contributed by atoms with Gasteiger partial charge in [0.2, 0.25) is 0 Å². The van der Waals surface area contributed by atoms with Crippen molar-refractivity contribution in [3.05, 3.63) is 89.2 Å². The third kappa shape index (κ3) is 5.95. The Kier molecular flexibility index (Phi) is 10.5. The minimum Gasteiger partial charge on any atom is -0.337 e. The SMILES string of the molecule is CC.CC.CCN(C(=O)c1ccc2c(c1)N=C(c1ccccc1F)c1ccccc1S2)C(C)C. The van der Waals surface area contributed by atoms with Crippen LogP contribution in [0.2, 0.25) is 0 Å². The number of fused-ring (bicyclic) bond motifs is 2. The van der Waals surface area contributed by atoms with Crippen LogP contribution >= 0.6 is 11.8 Å². The first-order chi connectivity index (χ1) is 16.5. The van der Waals surface area contributed by atoms with Crippen molar-refractivity contribution in [2.45, 2.75) is 64.3 Å². The summed E-state index contributed by atoms with van der Waals surface area (Å²) < 4.78 is 14.7. The molecule has 4 rings (SSSR count). The van der Waals surface area contributed by atoms with Crippen LogP contribution in [0.4, 0.5) is 10.1 Å². The van der Waals surface area contributed by atoms with E-state index in [9.17, 15) is 9.18 Å². The topological polar surface area (TPSA) is 32.7 Å². The molecule has 5 heteroatoms. The summed E-state index contributed by atoms with van der Waals surface area (Å²) in [6, 6.07) is 20.3. The van der Waals surface area contributed by atoms with Crippen LogP contribution in [0.25, 0.3) is 0 Å². The number of rotatable bonds is 4. The van der Waals surface area contributed by atoms with Crippen molar-refractivity contribution >= 4 is 29.1 Å². The lowest BCUT2D eigenvalue weighted by Gasteiger charge is -2.25. The number of amides is 1. The zero-order valence-corrected chi connectivity index (χ0v) is 22.0. The predicted molar refractivity (Wildman–Crippen MR) is 143 cm³/mol. The minimum atomic E-state index is -0.316. The monoisotopic (exact) mass is 478 g/mol. The van der Waals surface area contributed by atoms with Gasteiger partial charge < -0.3 is 4.90 Å². The maximum absolute atomic E-state index is 14.7. The zero-order valence-electron chi connectivity index (χ0n) is 21.2. The summed E-state index contributed by atoms with van der Waals surface area (Å²) in [6.07, 6.45) is 0. The van der Waals surface area contributed by atoms with Crippen molar-refractivity contribution in [3.63, 3.8) is 0 Å². The highest BCUT2D eigenvalue weighted by molar-refractivity contribution is 7.99. The molecule has 0 aliphatic carbocycles. The lowest BCUT2D eigenvalue weighted by Crippen LogP contribution is -2.36. The van der Waals surface area contributed by atoms with Crippen molar-refractivity contribution in [2.75, 3.05) is 6.54 Å². The lowest BCUT2D eigenvalue weighted by atomic mass is 10.0. The van der Waals surface area contributed by atoms with E-state index in [2.05, 4.69) is 0 Å². The zero-order chi connectivity index (χ0) is 25.3. The van der Waals surface area contributed by atoms with Crippen molar-refractivity contribution < 1.29 is 9.18 Å². The number of hydrogen-bond donors (Lipinski definition) is 0. The molecule has 1 amide bonds. The number of nitrogens with zero attached hydrogens (tertiary/aromatic N) is 2. The van der Waals surface area contributed by atoms with Crippen LogP contribution in [-0.4, -0.2) is 29.1 Å². The first kappa shape index (κ1) is 27.3. The smallest absolute Gasteiger partial charge is 0.254 e. The van der Waals surface area contributed by atoms with Gasteiger partial charge in [-0.2, -0.15) is 0 Å². The van der Waals surface area contributed by atoms with E-state index in [1.807, 2.05) is 102 Å². The summed E-state index contributed by atoms with van der Waals surface area (Å²) in [6.45, 7) is 14.6. The van der Waals surface area contributed by atoms with E-state index in [0.717, 1.165) is 15.4 Å². The number of hydrogen-bond acceptors (Lipinski definition) is 3. The van der Waals surface area contributed by atoms with Crippen LogP contribution in [0.1, 0.15) is 70.0 Å². The highest BCUT2D eigenvalue weighted by Crippen LogP contribution is 2.42. The third-order valence-corrected chi connectivity index (χ3v) is 6.30. The molecular weight excluding hydrogens is 443 g/mol. The van der Waals surface area contributed by atoms with Crippen molar-refractivity contribution in [3.8, 4) is 0 Å². The molecule has 0 aromatic heterocycles. The van der Waals surface area contributed by atoms with Gasteiger partial charge in [0.15, 0.2) is 0 Å². The van der Waals surface area contributed by atoms with Crippen LogP contribution in [0, 0.1) is 5.82 Å². The number of aliphatic imine (C=N–C) groups is 1. The fourth-order valence-electron chi connectivity index (χ4n) is 3.64. The van der Waals surface area contributed by atoms with Crippen LogP contribution < -0.4 is 0 Å². The number of carbonyl (C=O) groups is 1. The highest BCUT2D eigenvalue weighted by Gasteiger charge is 2.23. The van der Waals surface area contributed by atoms with Gasteiger partial charge in [0.1, 0.15) is 5.82 Å². The molecule has 3 aromatic rings. The molecular formula is C29H35FN2OS. The molecule has 0 saturated heterocycles. The molecule has 0 radical (unpaired) electrons. The average Bonchev–Trinajstić information content (AvgIpc) is 3.03. The van der Waals surface area contributed by atoms with Crippen LogP contribution in [0.15, 0.2) is 81.5 Å². The summed E-state index contributed by atoms with van der Waals surface area (Å²) in [5.74, 6) is -0.339. The second kappa shape index (κ2) is 13.1. The number of carbonyl (C=O) groups excluding carboxylic acids is 1. The summed E-state index contributed by atoms with van der Waals surface area (Å²) in [5, 5.41) is 0.